The molecule has 0 saturated carbocycles. The Morgan fingerprint density at radius 3 is 2.68 bits per heavy atom. The zero-order valence-electron chi connectivity index (χ0n) is 15.9. The van der Waals surface area contributed by atoms with Crippen molar-refractivity contribution in [2.75, 3.05) is 24.5 Å². The summed E-state index contributed by atoms with van der Waals surface area (Å²) in [6.45, 7) is 5.66. The first-order valence-corrected chi connectivity index (χ1v) is 10.8. The van der Waals surface area contributed by atoms with Gasteiger partial charge in [-0.1, -0.05) is 5.16 Å². The zero-order chi connectivity index (χ0) is 19.7. The van der Waals surface area contributed by atoms with E-state index in [0.717, 1.165) is 37.1 Å². The summed E-state index contributed by atoms with van der Waals surface area (Å²) in [6, 6.07) is 0. The number of aryl methyl sites for hydroxylation is 2. The molecule has 3 aromatic heterocycles. The highest BCUT2D eigenvalue weighted by atomic mass is 32.2. The van der Waals surface area contributed by atoms with E-state index in [9.17, 15) is 8.42 Å². The Kier molecular flexibility index (Phi) is 5.02. The lowest BCUT2D eigenvalue weighted by Crippen LogP contribution is -2.30. The smallest absolute Gasteiger partial charge is 0.246 e. The molecule has 0 atom stereocenters. The van der Waals surface area contributed by atoms with Crippen molar-refractivity contribution in [3.8, 4) is 0 Å². The Hall–Kier alpha value is -2.53. The molecular weight excluding hydrogens is 382 g/mol. The first-order chi connectivity index (χ1) is 13.5. The average Bonchev–Trinajstić information content (AvgIpc) is 3.25. The van der Waals surface area contributed by atoms with E-state index in [1.807, 2.05) is 0 Å². The number of rotatable bonds is 6. The summed E-state index contributed by atoms with van der Waals surface area (Å²) < 4.78 is 34.3. The molecule has 150 valence electrons. The van der Waals surface area contributed by atoms with Gasteiger partial charge in [0.15, 0.2) is 11.4 Å². The van der Waals surface area contributed by atoms with Crippen molar-refractivity contribution in [2.45, 2.75) is 44.6 Å². The third-order valence-electron chi connectivity index (χ3n) is 4.92. The van der Waals surface area contributed by atoms with Crippen LogP contribution in [0.3, 0.4) is 0 Å². The SMILES string of the molecule is Cc1noc(C)c1S(=O)(=O)NCCn1ncc2c(N3CCCCC3)ncnc21. The molecule has 1 saturated heterocycles. The molecule has 0 radical (unpaired) electrons. The van der Waals surface area contributed by atoms with E-state index in [1.165, 1.54) is 6.42 Å². The van der Waals surface area contributed by atoms with Gasteiger partial charge in [0.1, 0.15) is 22.7 Å². The zero-order valence-corrected chi connectivity index (χ0v) is 16.7. The minimum absolute atomic E-state index is 0.0903. The highest BCUT2D eigenvalue weighted by Gasteiger charge is 2.24. The number of piperidine rings is 1. The van der Waals surface area contributed by atoms with Crippen LogP contribution in [0.25, 0.3) is 11.0 Å². The molecule has 1 aliphatic rings. The van der Waals surface area contributed by atoms with Crippen LogP contribution < -0.4 is 9.62 Å². The molecule has 1 N–H and O–H groups in total. The van der Waals surface area contributed by atoms with Gasteiger partial charge in [-0.2, -0.15) is 5.10 Å². The number of hydrogen-bond acceptors (Lipinski definition) is 8. The van der Waals surface area contributed by atoms with Crippen molar-refractivity contribution in [3.63, 3.8) is 0 Å². The van der Waals surface area contributed by atoms with Gasteiger partial charge in [0.05, 0.1) is 18.1 Å². The maximum absolute atomic E-state index is 12.5. The Morgan fingerprint density at radius 1 is 1.18 bits per heavy atom. The van der Waals surface area contributed by atoms with Crippen molar-refractivity contribution in [2.24, 2.45) is 0 Å². The first-order valence-electron chi connectivity index (χ1n) is 9.31. The maximum Gasteiger partial charge on any atom is 0.246 e. The first kappa shape index (κ1) is 18.8. The van der Waals surface area contributed by atoms with Crippen LogP contribution in [0.15, 0.2) is 21.9 Å². The summed E-state index contributed by atoms with van der Waals surface area (Å²) in [4.78, 5) is 11.2. The summed E-state index contributed by atoms with van der Waals surface area (Å²) in [7, 11) is -3.70. The summed E-state index contributed by atoms with van der Waals surface area (Å²) in [5.41, 5.74) is 1.04. The van der Waals surface area contributed by atoms with Crippen LogP contribution in [-0.4, -0.2) is 53.0 Å². The summed E-state index contributed by atoms with van der Waals surface area (Å²) in [6.07, 6.45) is 6.85. The standard InChI is InChI=1S/C17H23N7O3S/c1-12-15(13(2)27-22-12)28(25,26)21-6-9-24-17-14(10-20-24)16(18-11-19-17)23-7-4-3-5-8-23/h10-11,21H,3-9H2,1-2H3. The van der Waals surface area contributed by atoms with Crippen LogP contribution in [0, 0.1) is 13.8 Å². The molecule has 1 fully saturated rings. The number of nitrogens with zero attached hydrogens (tertiary/aromatic N) is 6. The van der Waals surface area contributed by atoms with Crippen LogP contribution in [0.4, 0.5) is 5.82 Å². The quantitative estimate of drug-likeness (QED) is 0.654. The lowest BCUT2D eigenvalue weighted by molar-refractivity contribution is 0.390. The van der Waals surface area contributed by atoms with Gasteiger partial charge in [0.2, 0.25) is 10.0 Å². The molecule has 0 aliphatic carbocycles. The highest BCUT2D eigenvalue weighted by molar-refractivity contribution is 7.89. The van der Waals surface area contributed by atoms with Gasteiger partial charge in [-0.15, -0.1) is 0 Å². The van der Waals surface area contributed by atoms with Crippen molar-refractivity contribution in [1.82, 2.24) is 29.6 Å². The van der Waals surface area contributed by atoms with Gasteiger partial charge in [-0.3, -0.25) is 0 Å². The molecule has 10 nitrogen and oxygen atoms in total. The van der Waals surface area contributed by atoms with E-state index in [2.05, 4.69) is 29.8 Å². The second-order valence-electron chi connectivity index (χ2n) is 6.90. The molecule has 0 amide bonds. The molecule has 0 unspecified atom stereocenters. The Bertz CT molecular complexity index is 1060. The summed E-state index contributed by atoms with van der Waals surface area (Å²) in [5.74, 6) is 1.17. The second kappa shape index (κ2) is 7.47. The lowest BCUT2D eigenvalue weighted by atomic mass is 10.1. The van der Waals surface area contributed by atoms with E-state index < -0.39 is 10.0 Å². The van der Waals surface area contributed by atoms with Gasteiger partial charge in [0, 0.05) is 19.6 Å². The van der Waals surface area contributed by atoms with E-state index in [4.69, 9.17) is 4.52 Å². The Balaban J connectivity index is 1.50. The van der Waals surface area contributed by atoms with E-state index >= 15 is 0 Å². The number of nitrogens with one attached hydrogen (secondary N) is 1. The van der Waals surface area contributed by atoms with Gasteiger partial charge < -0.3 is 9.42 Å². The number of hydrogen-bond donors (Lipinski definition) is 1. The molecule has 1 aliphatic heterocycles. The fourth-order valence-electron chi connectivity index (χ4n) is 3.62. The van der Waals surface area contributed by atoms with Gasteiger partial charge in [-0.05, 0) is 33.1 Å². The van der Waals surface area contributed by atoms with Crippen LogP contribution in [0.1, 0.15) is 30.7 Å². The molecule has 4 heterocycles. The number of fused-ring (bicyclic) bond motifs is 1. The number of anilines is 1. The Morgan fingerprint density at radius 2 is 1.96 bits per heavy atom. The van der Waals surface area contributed by atoms with Crippen molar-refractivity contribution < 1.29 is 12.9 Å². The molecule has 3 aromatic rings. The predicted octanol–water partition coefficient (Wildman–Crippen LogP) is 1.40. The molecule has 11 heteroatoms. The van der Waals surface area contributed by atoms with Crippen LogP contribution in [-0.2, 0) is 16.6 Å². The van der Waals surface area contributed by atoms with Crippen molar-refractivity contribution >= 4 is 26.9 Å². The van der Waals surface area contributed by atoms with Gasteiger partial charge in [-0.25, -0.2) is 27.8 Å². The van der Waals surface area contributed by atoms with E-state index in [-0.39, 0.29) is 17.2 Å². The van der Waals surface area contributed by atoms with Crippen LogP contribution >= 0.6 is 0 Å². The molecule has 0 bridgehead atoms. The topological polar surface area (TPSA) is 119 Å². The summed E-state index contributed by atoms with van der Waals surface area (Å²) >= 11 is 0. The van der Waals surface area contributed by atoms with Crippen molar-refractivity contribution in [1.29, 1.82) is 0 Å². The van der Waals surface area contributed by atoms with Crippen molar-refractivity contribution in [3.05, 3.63) is 24.0 Å². The number of aromatic nitrogens is 5. The highest BCUT2D eigenvalue weighted by Crippen LogP contribution is 2.25. The maximum atomic E-state index is 12.5. The van der Waals surface area contributed by atoms with Gasteiger partial charge >= 0.3 is 0 Å². The lowest BCUT2D eigenvalue weighted by Gasteiger charge is -2.27. The molecular formula is C17H23N7O3S. The van der Waals surface area contributed by atoms with Gasteiger partial charge in [0.25, 0.3) is 0 Å². The summed E-state index contributed by atoms with van der Waals surface area (Å²) in [5, 5.41) is 8.98. The van der Waals surface area contributed by atoms with E-state index in [0.29, 0.717) is 17.9 Å². The number of sulfonamides is 1. The molecule has 0 aromatic carbocycles. The minimum atomic E-state index is -3.70. The van der Waals surface area contributed by atoms with Crippen LogP contribution in [0.2, 0.25) is 0 Å². The minimum Gasteiger partial charge on any atom is -0.360 e. The normalized spacial score (nSPS) is 15.4. The third-order valence-corrected chi connectivity index (χ3v) is 6.62. The fraction of sp³-hybridized carbons (Fsp3) is 0.529. The van der Waals surface area contributed by atoms with E-state index in [1.54, 1.807) is 31.1 Å². The third kappa shape index (κ3) is 3.47. The molecule has 4 rings (SSSR count). The van der Waals surface area contributed by atoms with Crippen LogP contribution in [0.5, 0.6) is 0 Å². The monoisotopic (exact) mass is 405 g/mol. The second-order valence-corrected chi connectivity index (χ2v) is 8.60. The molecule has 0 spiro atoms. The average molecular weight is 405 g/mol. The molecule has 28 heavy (non-hydrogen) atoms. The predicted molar refractivity (Wildman–Crippen MR) is 103 cm³/mol. The largest absolute Gasteiger partial charge is 0.360 e. The Labute approximate surface area is 163 Å². The fourth-order valence-corrected chi connectivity index (χ4v) is 4.96.